The van der Waals surface area contributed by atoms with Gasteiger partial charge in [0.25, 0.3) is 17.4 Å². The maximum Gasteiger partial charge on any atom is 0.290 e. The number of hydrazine groups is 1. The number of aromatic nitrogens is 4. The van der Waals surface area contributed by atoms with Crippen molar-refractivity contribution in [1.82, 2.24) is 30.2 Å². The van der Waals surface area contributed by atoms with Gasteiger partial charge in [-0.05, 0) is 57.2 Å². The first kappa shape index (κ1) is 23.0. The molecular weight excluding hydrogens is 456 g/mol. The van der Waals surface area contributed by atoms with Gasteiger partial charge in [-0.25, -0.2) is 9.67 Å². The molecule has 2 aromatic heterocycles. The van der Waals surface area contributed by atoms with E-state index in [-0.39, 0.29) is 17.3 Å². The van der Waals surface area contributed by atoms with Gasteiger partial charge in [0.15, 0.2) is 5.69 Å². The third-order valence-electron chi connectivity index (χ3n) is 5.92. The molecule has 2 heterocycles. The largest absolute Gasteiger partial charge is 0.297 e. The molecule has 5 rings (SSSR count). The molecule has 9 heteroatoms. The fraction of sp³-hybridized carbons (Fsp3) is 0.148. The molecule has 36 heavy (non-hydrogen) atoms. The van der Waals surface area contributed by atoms with Crippen molar-refractivity contribution in [3.8, 4) is 5.69 Å². The summed E-state index contributed by atoms with van der Waals surface area (Å²) in [5.74, 6) is -0.335. The van der Waals surface area contributed by atoms with Crippen LogP contribution in [0, 0.1) is 6.92 Å². The van der Waals surface area contributed by atoms with Crippen molar-refractivity contribution < 1.29 is 9.59 Å². The number of nitrogens with one attached hydrogen (secondary N) is 2. The van der Waals surface area contributed by atoms with Crippen LogP contribution in [0.1, 0.15) is 46.6 Å². The monoisotopic (exact) mass is 480 g/mol. The number of hydrogen-bond donors (Lipinski definition) is 2. The van der Waals surface area contributed by atoms with Crippen molar-refractivity contribution in [3.05, 3.63) is 100 Å². The molecule has 180 valence electrons. The number of carbonyl (C=O) groups is 2. The second-order valence-corrected chi connectivity index (χ2v) is 8.68. The predicted octanol–water partition coefficient (Wildman–Crippen LogP) is 3.70. The molecule has 3 aromatic carbocycles. The number of amides is 2. The van der Waals surface area contributed by atoms with Crippen LogP contribution in [0.5, 0.6) is 0 Å². The summed E-state index contributed by atoms with van der Waals surface area (Å²) in [6.45, 7) is 5.52. The molecule has 5 aromatic rings. The van der Waals surface area contributed by atoms with E-state index >= 15 is 0 Å². The average molecular weight is 481 g/mol. The lowest BCUT2D eigenvalue weighted by atomic mass is 10.1. The summed E-state index contributed by atoms with van der Waals surface area (Å²) in [7, 11) is 0. The highest BCUT2D eigenvalue weighted by atomic mass is 16.2. The summed E-state index contributed by atoms with van der Waals surface area (Å²) >= 11 is 0. The van der Waals surface area contributed by atoms with Crippen molar-refractivity contribution in [2.45, 2.75) is 26.8 Å². The van der Waals surface area contributed by atoms with Gasteiger partial charge in [-0.15, -0.1) is 0 Å². The highest BCUT2D eigenvalue weighted by molar-refractivity contribution is 6.06. The zero-order chi connectivity index (χ0) is 25.4. The van der Waals surface area contributed by atoms with E-state index in [4.69, 9.17) is 0 Å². The lowest BCUT2D eigenvalue weighted by molar-refractivity contribution is 0.0843. The van der Waals surface area contributed by atoms with Gasteiger partial charge in [-0.1, -0.05) is 36.4 Å². The first-order valence-corrected chi connectivity index (χ1v) is 11.5. The molecule has 0 aliphatic carbocycles. The van der Waals surface area contributed by atoms with Crippen LogP contribution in [0.4, 0.5) is 0 Å². The molecule has 9 nitrogen and oxygen atoms in total. The molecule has 0 spiro atoms. The number of aryl methyl sites for hydroxylation is 1. The van der Waals surface area contributed by atoms with Gasteiger partial charge < -0.3 is 0 Å². The Morgan fingerprint density at radius 2 is 1.53 bits per heavy atom. The van der Waals surface area contributed by atoms with Crippen molar-refractivity contribution in [2.75, 3.05) is 0 Å². The summed E-state index contributed by atoms with van der Waals surface area (Å²) in [5.41, 5.74) is 7.48. The number of carbonyl (C=O) groups excluding carboxylic acids is 2. The van der Waals surface area contributed by atoms with Crippen LogP contribution >= 0.6 is 0 Å². The number of hydrogen-bond acceptors (Lipinski definition) is 5. The van der Waals surface area contributed by atoms with Gasteiger partial charge in [-0.3, -0.25) is 29.8 Å². The Bertz CT molecular complexity index is 1690. The standard InChI is InChI=1S/C27H24N6O3/c1-16(2)33-27(36)21-12-8-7-11-20(21)24(31-33)26(35)30-29-25(34)18-13-14-23-22(15-18)28-17(3)32(23)19-9-5-4-6-10-19/h4-16H,1-3H3,(H,29,34)(H,30,35). The minimum Gasteiger partial charge on any atom is -0.297 e. The number of imidazole rings is 1. The van der Waals surface area contributed by atoms with Crippen molar-refractivity contribution in [1.29, 1.82) is 0 Å². The van der Waals surface area contributed by atoms with E-state index in [2.05, 4.69) is 20.9 Å². The molecule has 0 saturated carbocycles. The minimum atomic E-state index is -0.626. The van der Waals surface area contributed by atoms with Gasteiger partial charge >= 0.3 is 0 Å². The van der Waals surface area contributed by atoms with Gasteiger partial charge in [0.1, 0.15) is 5.82 Å². The van der Waals surface area contributed by atoms with Gasteiger partial charge in [0.05, 0.1) is 22.5 Å². The average Bonchev–Trinajstić information content (AvgIpc) is 3.22. The number of fused-ring (bicyclic) bond motifs is 2. The molecule has 0 bridgehead atoms. The Morgan fingerprint density at radius 1 is 0.861 bits per heavy atom. The van der Waals surface area contributed by atoms with E-state index in [1.54, 1.807) is 36.4 Å². The predicted molar refractivity (Wildman–Crippen MR) is 137 cm³/mol. The normalized spacial score (nSPS) is 11.2. The van der Waals surface area contributed by atoms with Crippen LogP contribution in [0.3, 0.4) is 0 Å². The third-order valence-corrected chi connectivity index (χ3v) is 5.92. The topological polar surface area (TPSA) is 111 Å². The van der Waals surface area contributed by atoms with Crippen LogP contribution in [-0.4, -0.2) is 31.1 Å². The highest BCUT2D eigenvalue weighted by Gasteiger charge is 2.19. The third kappa shape index (κ3) is 4.00. The molecule has 0 atom stereocenters. The Morgan fingerprint density at radius 3 is 2.25 bits per heavy atom. The Balaban J connectivity index is 1.40. The minimum absolute atomic E-state index is 0.0480. The quantitative estimate of drug-likeness (QED) is 0.381. The smallest absolute Gasteiger partial charge is 0.290 e. The van der Waals surface area contributed by atoms with E-state index in [1.807, 2.05) is 61.7 Å². The molecule has 0 saturated heterocycles. The maximum atomic E-state index is 13.0. The second kappa shape index (κ2) is 9.10. The first-order valence-electron chi connectivity index (χ1n) is 11.5. The van der Waals surface area contributed by atoms with Gasteiger partial charge in [-0.2, -0.15) is 5.10 Å². The number of benzene rings is 3. The zero-order valence-electron chi connectivity index (χ0n) is 20.0. The molecule has 2 amide bonds. The zero-order valence-corrected chi connectivity index (χ0v) is 20.0. The lowest BCUT2D eigenvalue weighted by Crippen LogP contribution is -2.43. The van der Waals surface area contributed by atoms with Crippen molar-refractivity contribution in [3.63, 3.8) is 0 Å². The fourth-order valence-corrected chi connectivity index (χ4v) is 4.21. The van der Waals surface area contributed by atoms with Crippen LogP contribution < -0.4 is 16.4 Å². The van der Waals surface area contributed by atoms with Crippen LogP contribution in [0.15, 0.2) is 77.6 Å². The summed E-state index contributed by atoms with van der Waals surface area (Å²) in [5, 5.41) is 5.05. The van der Waals surface area contributed by atoms with E-state index in [0.29, 0.717) is 21.9 Å². The molecule has 0 unspecified atom stereocenters. The number of rotatable bonds is 4. The first-order chi connectivity index (χ1) is 17.3. The maximum absolute atomic E-state index is 13.0. The van der Waals surface area contributed by atoms with Crippen LogP contribution in [0.2, 0.25) is 0 Å². The van der Waals surface area contributed by atoms with Crippen molar-refractivity contribution in [2.24, 2.45) is 0 Å². The SMILES string of the molecule is Cc1nc2cc(C(=O)NNC(=O)c3nn(C(C)C)c(=O)c4ccccc34)ccc2n1-c1ccccc1. The van der Waals surface area contributed by atoms with Crippen LogP contribution in [-0.2, 0) is 0 Å². The lowest BCUT2D eigenvalue weighted by Gasteiger charge is -2.14. The summed E-state index contributed by atoms with van der Waals surface area (Å²) < 4.78 is 3.28. The Labute approximate surface area is 206 Å². The second-order valence-electron chi connectivity index (χ2n) is 8.68. The highest BCUT2D eigenvalue weighted by Crippen LogP contribution is 2.22. The van der Waals surface area contributed by atoms with Gasteiger partial charge in [0.2, 0.25) is 0 Å². The van der Waals surface area contributed by atoms with Gasteiger partial charge in [0, 0.05) is 16.6 Å². The summed E-state index contributed by atoms with van der Waals surface area (Å²) in [6.07, 6.45) is 0. The van der Waals surface area contributed by atoms with E-state index in [0.717, 1.165) is 17.0 Å². The summed E-state index contributed by atoms with van der Waals surface area (Å²) in [4.78, 5) is 43.1. The molecule has 0 radical (unpaired) electrons. The molecule has 0 aliphatic rings. The fourth-order valence-electron chi connectivity index (χ4n) is 4.21. The van der Waals surface area contributed by atoms with E-state index in [1.165, 1.54) is 4.68 Å². The summed E-state index contributed by atoms with van der Waals surface area (Å²) in [6, 6.07) is 21.5. The molecular formula is C27H24N6O3. The Kier molecular flexibility index (Phi) is 5.81. The number of para-hydroxylation sites is 1. The van der Waals surface area contributed by atoms with Crippen molar-refractivity contribution >= 4 is 33.6 Å². The molecule has 0 fully saturated rings. The van der Waals surface area contributed by atoms with Crippen LogP contribution in [0.25, 0.3) is 27.5 Å². The molecule has 2 N–H and O–H groups in total. The number of nitrogens with zero attached hydrogens (tertiary/aromatic N) is 4. The van der Waals surface area contributed by atoms with E-state index in [9.17, 15) is 14.4 Å². The molecule has 0 aliphatic heterocycles. The van der Waals surface area contributed by atoms with E-state index < -0.39 is 11.8 Å². The Hall–Kier alpha value is -4.79.